The first-order valence-corrected chi connectivity index (χ1v) is 5.72. The number of hydrogen-bond acceptors (Lipinski definition) is 4. The predicted octanol–water partition coefficient (Wildman–Crippen LogP) is 2.76. The molecular weight excluding hydrogens is 257 g/mol. The molecule has 0 saturated carbocycles. The summed E-state index contributed by atoms with van der Waals surface area (Å²) in [6, 6.07) is 7.45. The molecular formula is C12H11ClFN3O. The van der Waals surface area contributed by atoms with Crippen molar-refractivity contribution in [1.82, 2.24) is 9.97 Å². The minimum Gasteiger partial charge on any atom is -0.492 e. The Kier molecular flexibility index (Phi) is 4.30. The summed E-state index contributed by atoms with van der Waals surface area (Å²) in [5.74, 6) is 0.781. The fraction of sp³-hybridized carbons (Fsp3) is 0.167. The van der Waals surface area contributed by atoms with Crippen LogP contribution in [-0.4, -0.2) is 23.1 Å². The van der Waals surface area contributed by atoms with Gasteiger partial charge in [0.25, 0.3) is 0 Å². The molecule has 4 nitrogen and oxygen atoms in total. The largest absolute Gasteiger partial charge is 0.492 e. The van der Waals surface area contributed by atoms with E-state index >= 15 is 0 Å². The Bertz CT molecular complexity index is 507. The van der Waals surface area contributed by atoms with Crippen LogP contribution in [0.1, 0.15) is 0 Å². The monoisotopic (exact) mass is 267 g/mol. The first-order chi connectivity index (χ1) is 8.74. The average Bonchev–Trinajstić information content (AvgIpc) is 2.37. The molecule has 18 heavy (non-hydrogen) atoms. The fourth-order valence-electron chi connectivity index (χ4n) is 1.28. The summed E-state index contributed by atoms with van der Waals surface area (Å²) in [5, 5.41) is 3.34. The van der Waals surface area contributed by atoms with Crippen LogP contribution < -0.4 is 10.1 Å². The lowest BCUT2D eigenvalue weighted by atomic mass is 10.3. The lowest BCUT2D eigenvalue weighted by Crippen LogP contribution is -2.13. The minimum absolute atomic E-state index is 0.284. The molecule has 0 aliphatic rings. The highest BCUT2D eigenvalue weighted by atomic mass is 35.5. The first kappa shape index (κ1) is 12.6. The van der Waals surface area contributed by atoms with Crippen LogP contribution >= 0.6 is 11.6 Å². The van der Waals surface area contributed by atoms with E-state index in [1.165, 1.54) is 12.1 Å². The van der Waals surface area contributed by atoms with Crippen molar-refractivity contribution in [2.24, 2.45) is 0 Å². The van der Waals surface area contributed by atoms with Crippen molar-refractivity contribution >= 4 is 17.5 Å². The van der Waals surface area contributed by atoms with Gasteiger partial charge in [0.2, 0.25) is 5.95 Å². The molecule has 0 aliphatic carbocycles. The number of hydrogen-bond donors (Lipinski definition) is 1. The van der Waals surface area contributed by atoms with Crippen molar-refractivity contribution in [1.29, 1.82) is 0 Å². The molecule has 0 atom stereocenters. The van der Waals surface area contributed by atoms with Crippen molar-refractivity contribution in [3.05, 3.63) is 47.5 Å². The Hall–Kier alpha value is -1.88. The van der Waals surface area contributed by atoms with E-state index in [2.05, 4.69) is 15.3 Å². The smallest absolute Gasteiger partial charge is 0.224 e. The summed E-state index contributed by atoms with van der Waals surface area (Å²) in [5.41, 5.74) is 0. The Balaban J connectivity index is 1.74. The van der Waals surface area contributed by atoms with E-state index in [1.807, 2.05) is 0 Å². The standard InChI is InChI=1S/C12H11ClFN3O/c13-11-5-6-15-12(17-11)16-7-8-18-10-3-1-9(14)2-4-10/h1-6H,7-8H2,(H,15,16,17). The van der Waals surface area contributed by atoms with Gasteiger partial charge in [0.15, 0.2) is 0 Å². The van der Waals surface area contributed by atoms with E-state index in [0.29, 0.717) is 30.0 Å². The topological polar surface area (TPSA) is 47.0 Å². The molecule has 2 rings (SSSR count). The van der Waals surface area contributed by atoms with Crippen LogP contribution in [0.2, 0.25) is 5.15 Å². The van der Waals surface area contributed by atoms with Gasteiger partial charge >= 0.3 is 0 Å². The summed E-state index contributed by atoms with van der Waals surface area (Å²) < 4.78 is 18.0. The molecule has 0 unspecified atom stereocenters. The molecule has 1 heterocycles. The van der Waals surface area contributed by atoms with Gasteiger partial charge in [-0.2, -0.15) is 0 Å². The molecule has 0 radical (unpaired) electrons. The van der Waals surface area contributed by atoms with Gasteiger partial charge < -0.3 is 10.1 Å². The number of halogens is 2. The molecule has 1 N–H and O–H groups in total. The summed E-state index contributed by atoms with van der Waals surface area (Å²) in [7, 11) is 0. The van der Waals surface area contributed by atoms with E-state index in [0.717, 1.165) is 0 Å². The number of benzene rings is 1. The molecule has 2 aromatic rings. The van der Waals surface area contributed by atoms with Crippen LogP contribution in [0.25, 0.3) is 0 Å². The predicted molar refractivity (Wildman–Crippen MR) is 67.4 cm³/mol. The van der Waals surface area contributed by atoms with Crippen molar-refractivity contribution in [3.63, 3.8) is 0 Å². The molecule has 0 saturated heterocycles. The number of aromatic nitrogens is 2. The third-order valence-corrected chi connectivity index (χ3v) is 2.30. The summed E-state index contributed by atoms with van der Waals surface area (Å²) in [4.78, 5) is 7.95. The van der Waals surface area contributed by atoms with E-state index in [1.54, 1.807) is 24.4 Å². The van der Waals surface area contributed by atoms with E-state index in [9.17, 15) is 4.39 Å². The molecule has 0 amide bonds. The van der Waals surface area contributed by atoms with Crippen molar-refractivity contribution in [2.75, 3.05) is 18.5 Å². The second kappa shape index (κ2) is 6.16. The van der Waals surface area contributed by atoms with Crippen LogP contribution in [0.15, 0.2) is 36.5 Å². The maximum absolute atomic E-state index is 12.6. The maximum Gasteiger partial charge on any atom is 0.224 e. The van der Waals surface area contributed by atoms with Crippen LogP contribution in [0, 0.1) is 5.82 Å². The lowest BCUT2D eigenvalue weighted by molar-refractivity contribution is 0.332. The zero-order chi connectivity index (χ0) is 12.8. The first-order valence-electron chi connectivity index (χ1n) is 5.35. The van der Waals surface area contributed by atoms with Gasteiger partial charge in [-0.15, -0.1) is 0 Å². The van der Waals surface area contributed by atoms with Gasteiger partial charge in [0, 0.05) is 6.20 Å². The molecule has 1 aromatic carbocycles. The number of ether oxygens (including phenoxy) is 1. The van der Waals surface area contributed by atoms with E-state index < -0.39 is 0 Å². The van der Waals surface area contributed by atoms with Gasteiger partial charge in [-0.1, -0.05) is 11.6 Å². The van der Waals surface area contributed by atoms with Gasteiger partial charge in [-0.05, 0) is 30.3 Å². The average molecular weight is 268 g/mol. The van der Waals surface area contributed by atoms with Gasteiger partial charge in [0.1, 0.15) is 23.3 Å². The second-order valence-corrected chi connectivity index (χ2v) is 3.82. The Labute approximate surface area is 109 Å². The molecule has 0 spiro atoms. The summed E-state index contributed by atoms with van der Waals surface area (Å²) in [6.07, 6.45) is 1.57. The zero-order valence-electron chi connectivity index (χ0n) is 9.44. The van der Waals surface area contributed by atoms with Gasteiger partial charge in [-0.25, -0.2) is 14.4 Å². The quantitative estimate of drug-likeness (QED) is 0.668. The molecule has 0 fully saturated rings. The summed E-state index contributed by atoms with van der Waals surface area (Å²) >= 11 is 5.71. The fourth-order valence-corrected chi connectivity index (χ4v) is 1.42. The third-order valence-electron chi connectivity index (χ3n) is 2.09. The number of nitrogens with zero attached hydrogens (tertiary/aromatic N) is 2. The zero-order valence-corrected chi connectivity index (χ0v) is 10.2. The number of anilines is 1. The van der Waals surface area contributed by atoms with Crippen molar-refractivity contribution in [2.45, 2.75) is 0 Å². The number of nitrogens with one attached hydrogen (secondary N) is 1. The maximum atomic E-state index is 12.6. The molecule has 6 heteroatoms. The highest BCUT2D eigenvalue weighted by Gasteiger charge is 1.97. The number of rotatable bonds is 5. The molecule has 0 aliphatic heterocycles. The Morgan fingerprint density at radius 2 is 2.00 bits per heavy atom. The van der Waals surface area contributed by atoms with Crippen molar-refractivity contribution in [3.8, 4) is 5.75 Å². The van der Waals surface area contributed by atoms with Gasteiger partial charge in [0.05, 0.1) is 6.54 Å². The van der Waals surface area contributed by atoms with Crippen LogP contribution in [0.3, 0.4) is 0 Å². The van der Waals surface area contributed by atoms with E-state index in [-0.39, 0.29) is 5.82 Å². The Morgan fingerprint density at radius 3 is 2.72 bits per heavy atom. The second-order valence-electron chi connectivity index (χ2n) is 3.43. The highest BCUT2D eigenvalue weighted by molar-refractivity contribution is 6.29. The van der Waals surface area contributed by atoms with Gasteiger partial charge in [-0.3, -0.25) is 0 Å². The summed E-state index contributed by atoms with van der Waals surface area (Å²) in [6.45, 7) is 0.944. The van der Waals surface area contributed by atoms with Crippen LogP contribution in [-0.2, 0) is 0 Å². The lowest BCUT2D eigenvalue weighted by Gasteiger charge is -2.07. The minimum atomic E-state index is -0.284. The normalized spacial score (nSPS) is 10.1. The van der Waals surface area contributed by atoms with Crippen LogP contribution in [0.4, 0.5) is 10.3 Å². The molecule has 1 aromatic heterocycles. The Morgan fingerprint density at radius 1 is 1.22 bits per heavy atom. The molecule has 94 valence electrons. The third kappa shape index (κ3) is 3.85. The van der Waals surface area contributed by atoms with Crippen molar-refractivity contribution < 1.29 is 9.13 Å². The van der Waals surface area contributed by atoms with E-state index in [4.69, 9.17) is 16.3 Å². The molecule has 0 bridgehead atoms. The highest BCUT2D eigenvalue weighted by Crippen LogP contribution is 2.10. The SMILES string of the molecule is Fc1ccc(OCCNc2nccc(Cl)n2)cc1. The van der Waals surface area contributed by atoms with Crippen LogP contribution in [0.5, 0.6) is 5.75 Å².